The van der Waals surface area contributed by atoms with Crippen molar-refractivity contribution >= 4 is 0 Å². The molecule has 1 aliphatic rings. The second-order valence-corrected chi connectivity index (χ2v) is 3.85. The Balaban J connectivity index is 2.20. The van der Waals surface area contributed by atoms with Gasteiger partial charge in [-0.1, -0.05) is 0 Å². The van der Waals surface area contributed by atoms with Crippen molar-refractivity contribution in [2.75, 3.05) is 6.54 Å². The molecule has 70 valence electrons. The molecule has 2 rings (SSSR count). The highest BCUT2D eigenvalue weighted by atomic mass is 15.2. The van der Waals surface area contributed by atoms with Gasteiger partial charge in [0.2, 0.25) is 0 Å². The molecule has 0 saturated carbocycles. The van der Waals surface area contributed by atoms with Crippen molar-refractivity contribution < 1.29 is 0 Å². The third-order valence-electron chi connectivity index (χ3n) is 2.68. The highest BCUT2D eigenvalue weighted by Crippen LogP contribution is 2.17. The minimum Gasteiger partial charge on any atom is -0.296 e. The summed E-state index contributed by atoms with van der Waals surface area (Å²) in [7, 11) is 0. The molecule has 1 aromatic heterocycles. The minimum absolute atomic E-state index is 0.626. The third-order valence-corrected chi connectivity index (χ3v) is 2.68. The smallest absolute Gasteiger partial charge is 0.0544 e. The zero-order chi connectivity index (χ0) is 9.26. The molecule has 13 heavy (non-hydrogen) atoms. The van der Waals surface area contributed by atoms with Crippen molar-refractivity contribution in [1.82, 2.24) is 15.1 Å². The van der Waals surface area contributed by atoms with Gasteiger partial charge >= 0.3 is 0 Å². The summed E-state index contributed by atoms with van der Waals surface area (Å²) in [5, 5.41) is 7.81. The van der Waals surface area contributed by atoms with Crippen LogP contribution in [0.15, 0.2) is 12.4 Å². The first kappa shape index (κ1) is 8.63. The van der Waals surface area contributed by atoms with E-state index in [4.69, 9.17) is 0 Å². The van der Waals surface area contributed by atoms with Gasteiger partial charge in [-0.15, -0.1) is 0 Å². The van der Waals surface area contributed by atoms with Crippen LogP contribution in [0.5, 0.6) is 0 Å². The SMILES string of the molecule is CC(C)N1CCc2cnncc2C1. The maximum atomic E-state index is 3.92. The molecule has 0 N–H and O–H groups in total. The second-order valence-electron chi connectivity index (χ2n) is 3.85. The van der Waals surface area contributed by atoms with Crippen LogP contribution in [0.3, 0.4) is 0 Å². The van der Waals surface area contributed by atoms with Gasteiger partial charge in [-0.3, -0.25) is 4.90 Å². The zero-order valence-electron chi connectivity index (χ0n) is 8.20. The number of fused-ring (bicyclic) bond motifs is 1. The van der Waals surface area contributed by atoms with E-state index in [1.165, 1.54) is 11.1 Å². The number of aromatic nitrogens is 2. The molecule has 2 heterocycles. The van der Waals surface area contributed by atoms with Crippen molar-refractivity contribution in [2.45, 2.75) is 32.9 Å². The fourth-order valence-corrected chi connectivity index (χ4v) is 1.74. The molecule has 1 aromatic rings. The predicted molar refractivity (Wildman–Crippen MR) is 51.3 cm³/mol. The van der Waals surface area contributed by atoms with Gasteiger partial charge in [0.1, 0.15) is 0 Å². The van der Waals surface area contributed by atoms with Crippen molar-refractivity contribution in [3.63, 3.8) is 0 Å². The van der Waals surface area contributed by atoms with E-state index >= 15 is 0 Å². The van der Waals surface area contributed by atoms with E-state index in [0.717, 1.165) is 19.5 Å². The Hall–Kier alpha value is -0.960. The van der Waals surface area contributed by atoms with E-state index in [1.54, 1.807) is 0 Å². The van der Waals surface area contributed by atoms with Crippen molar-refractivity contribution in [1.29, 1.82) is 0 Å². The Bertz CT molecular complexity index is 296. The van der Waals surface area contributed by atoms with Gasteiger partial charge in [-0.05, 0) is 31.4 Å². The standard InChI is InChI=1S/C10H15N3/c1-8(2)13-4-3-9-5-11-12-6-10(9)7-13/h5-6,8H,3-4,7H2,1-2H3. The maximum absolute atomic E-state index is 3.92. The average molecular weight is 177 g/mol. The van der Waals surface area contributed by atoms with Crippen LogP contribution in [0.1, 0.15) is 25.0 Å². The highest BCUT2D eigenvalue weighted by Gasteiger charge is 2.17. The summed E-state index contributed by atoms with van der Waals surface area (Å²) < 4.78 is 0. The summed E-state index contributed by atoms with van der Waals surface area (Å²) in [6.45, 7) is 6.65. The molecule has 0 radical (unpaired) electrons. The number of nitrogens with zero attached hydrogens (tertiary/aromatic N) is 3. The molecule has 0 aliphatic carbocycles. The van der Waals surface area contributed by atoms with Crippen molar-refractivity contribution in [2.24, 2.45) is 0 Å². The molecular weight excluding hydrogens is 162 g/mol. The molecule has 3 heteroatoms. The van der Waals surface area contributed by atoms with E-state index < -0.39 is 0 Å². The Labute approximate surface area is 78.8 Å². The quantitative estimate of drug-likeness (QED) is 0.646. The summed E-state index contributed by atoms with van der Waals surface area (Å²) in [4.78, 5) is 2.46. The first-order valence-electron chi connectivity index (χ1n) is 4.80. The summed E-state index contributed by atoms with van der Waals surface area (Å²) in [6.07, 6.45) is 4.90. The Kier molecular flexibility index (Phi) is 2.27. The van der Waals surface area contributed by atoms with Gasteiger partial charge in [-0.25, -0.2) is 0 Å². The van der Waals surface area contributed by atoms with Crippen molar-refractivity contribution in [3.8, 4) is 0 Å². The molecule has 0 spiro atoms. The highest BCUT2D eigenvalue weighted by molar-refractivity contribution is 5.23. The second kappa shape index (κ2) is 3.42. The van der Waals surface area contributed by atoms with E-state index in [9.17, 15) is 0 Å². The summed E-state index contributed by atoms with van der Waals surface area (Å²) in [5.41, 5.74) is 2.71. The van der Waals surface area contributed by atoms with Gasteiger partial charge < -0.3 is 0 Å². The fourth-order valence-electron chi connectivity index (χ4n) is 1.74. The van der Waals surface area contributed by atoms with Crippen molar-refractivity contribution in [3.05, 3.63) is 23.5 Å². The van der Waals surface area contributed by atoms with Gasteiger partial charge in [0.05, 0.1) is 12.4 Å². The van der Waals surface area contributed by atoms with Gasteiger partial charge in [0, 0.05) is 19.1 Å². The summed E-state index contributed by atoms with van der Waals surface area (Å²) >= 11 is 0. The first-order valence-corrected chi connectivity index (χ1v) is 4.80. The lowest BCUT2D eigenvalue weighted by atomic mass is 10.0. The average Bonchev–Trinajstić information content (AvgIpc) is 2.17. The monoisotopic (exact) mass is 177 g/mol. The molecule has 0 unspecified atom stereocenters. The molecular formula is C10H15N3. The number of hydrogen-bond acceptors (Lipinski definition) is 3. The van der Waals surface area contributed by atoms with E-state index in [1.807, 2.05) is 12.4 Å². The zero-order valence-corrected chi connectivity index (χ0v) is 8.20. The van der Waals surface area contributed by atoms with E-state index in [0.29, 0.717) is 6.04 Å². The molecule has 1 aliphatic heterocycles. The third kappa shape index (κ3) is 1.70. The van der Waals surface area contributed by atoms with Gasteiger partial charge in [0.15, 0.2) is 0 Å². The Morgan fingerprint density at radius 1 is 1.23 bits per heavy atom. The molecule has 3 nitrogen and oxygen atoms in total. The van der Waals surface area contributed by atoms with Gasteiger partial charge in [0.25, 0.3) is 0 Å². The van der Waals surface area contributed by atoms with E-state index in [2.05, 4.69) is 28.9 Å². The lowest BCUT2D eigenvalue weighted by molar-refractivity contribution is 0.202. The molecule has 0 amide bonds. The number of rotatable bonds is 1. The number of hydrogen-bond donors (Lipinski definition) is 0. The van der Waals surface area contributed by atoms with Gasteiger partial charge in [-0.2, -0.15) is 10.2 Å². The van der Waals surface area contributed by atoms with Crippen LogP contribution in [0.4, 0.5) is 0 Å². The topological polar surface area (TPSA) is 29.0 Å². The Morgan fingerprint density at radius 2 is 1.92 bits per heavy atom. The molecule has 0 saturated heterocycles. The predicted octanol–water partition coefficient (Wildman–Crippen LogP) is 1.24. The van der Waals surface area contributed by atoms with Crippen LogP contribution >= 0.6 is 0 Å². The molecule has 0 aromatic carbocycles. The van der Waals surface area contributed by atoms with Crippen LogP contribution in [0.2, 0.25) is 0 Å². The van der Waals surface area contributed by atoms with Crippen LogP contribution in [0, 0.1) is 0 Å². The molecule has 0 fully saturated rings. The first-order chi connectivity index (χ1) is 6.27. The summed E-state index contributed by atoms with van der Waals surface area (Å²) in [6, 6.07) is 0.626. The molecule has 0 bridgehead atoms. The van der Waals surface area contributed by atoms with Crippen LogP contribution in [-0.2, 0) is 13.0 Å². The van der Waals surface area contributed by atoms with Crippen LogP contribution < -0.4 is 0 Å². The van der Waals surface area contributed by atoms with Crippen LogP contribution in [-0.4, -0.2) is 27.7 Å². The lowest BCUT2D eigenvalue weighted by Crippen LogP contribution is -2.35. The molecule has 0 atom stereocenters. The summed E-state index contributed by atoms with van der Waals surface area (Å²) in [5.74, 6) is 0. The largest absolute Gasteiger partial charge is 0.296 e. The van der Waals surface area contributed by atoms with E-state index in [-0.39, 0.29) is 0 Å². The Morgan fingerprint density at radius 3 is 2.62 bits per heavy atom. The maximum Gasteiger partial charge on any atom is 0.0544 e. The minimum atomic E-state index is 0.626. The van der Waals surface area contributed by atoms with Crippen LogP contribution in [0.25, 0.3) is 0 Å². The normalized spacial score (nSPS) is 17.5. The lowest BCUT2D eigenvalue weighted by Gasteiger charge is -2.31. The fraction of sp³-hybridized carbons (Fsp3) is 0.600.